The molecule has 2 aromatic carbocycles. The monoisotopic (exact) mass is 456 g/mol. The Kier molecular flexibility index (Phi) is 6.81. The van der Waals surface area contributed by atoms with Crippen molar-refractivity contribution >= 4 is 22.0 Å². The second-order valence-corrected chi connectivity index (χ2v) is 9.88. The minimum absolute atomic E-state index is 0.0516. The standard InChI is InChI=1S/C24H28N2O5S/c1-18(21-7-8-22-23(17-21)31-15-14-30-22)25-24(27)20-9-12-26(13-10-20)32(28,29)16-11-19-5-3-2-4-6-19/h2-8,11,16-18,20H,9-10,12-15H2,1H3,(H,25,27). The molecule has 1 saturated heterocycles. The molecule has 0 spiro atoms. The minimum Gasteiger partial charge on any atom is -0.486 e. The van der Waals surface area contributed by atoms with Crippen LogP contribution in [0, 0.1) is 5.92 Å². The van der Waals surface area contributed by atoms with Gasteiger partial charge >= 0.3 is 0 Å². The Morgan fingerprint density at radius 2 is 1.75 bits per heavy atom. The van der Waals surface area contributed by atoms with Gasteiger partial charge in [0.1, 0.15) is 13.2 Å². The number of sulfonamides is 1. The van der Waals surface area contributed by atoms with E-state index in [9.17, 15) is 13.2 Å². The molecule has 0 radical (unpaired) electrons. The van der Waals surface area contributed by atoms with Crippen molar-refractivity contribution in [2.75, 3.05) is 26.3 Å². The second-order valence-electron chi connectivity index (χ2n) is 8.07. The molecule has 2 aliphatic rings. The molecule has 2 heterocycles. The van der Waals surface area contributed by atoms with Crippen molar-refractivity contribution in [3.63, 3.8) is 0 Å². The first-order valence-electron chi connectivity index (χ1n) is 10.9. The van der Waals surface area contributed by atoms with Gasteiger partial charge in [0.25, 0.3) is 0 Å². The van der Waals surface area contributed by atoms with E-state index in [4.69, 9.17) is 9.47 Å². The Labute approximate surface area is 189 Å². The average Bonchev–Trinajstić information content (AvgIpc) is 2.83. The van der Waals surface area contributed by atoms with E-state index in [0.717, 1.165) is 11.1 Å². The third-order valence-corrected chi connectivity index (χ3v) is 7.41. The van der Waals surface area contributed by atoms with Crippen LogP contribution in [0.15, 0.2) is 53.9 Å². The topological polar surface area (TPSA) is 84.9 Å². The molecule has 4 rings (SSSR count). The highest BCUT2D eigenvalue weighted by molar-refractivity contribution is 7.92. The molecule has 0 saturated carbocycles. The van der Waals surface area contributed by atoms with Gasteiger partial charge in [-0.3, -0.25) is 4.79 Å². The quantitative estimate of drug-likeness (QED) is 0.721. The normalized spacial score (nSPS) is 18.4. The lowest BCUT2D eigenvalue weighted by molar-refractivity contribution is -0.126. The Hall–Kier alpha value is -2.84. The Balaban J connectivity index is 1.31. The number of rotatable bonds is 6. The number of fused-ring (bicyclic) bond motifs is 1. The molecule has 1 unspecified atom stereocenters. The Morgan fingerprint density at radius 1 is 1.06 bits per heavy atom. The summed E-state index contributed by atoms with van der Waals surface area (Å²) in [4.78, 5) is 12.8. The smallest absolute Gasteiger partial charge is 0.236 e. The van der Waals surface area contributed by atoms with Crippen LogP contribution >= 0.6 is 0 Å². The van der Waals surface area contributed by atoms with Gasteiger partial charge in [-0.15, -0.1) is 0 Å². The summed E-state index contributed by atoms with van der Waals surface area (Å²) in [6.45, 7) is 3.64. The van der Waals surface area contributed by atoms with Crippen molar-refractivity contribution in [2.45, 2.75) is 25.8 Å². The van der Waals surface area contributed by atoms with Crippen LogP contribution in [0.3, 0.4) is 0 Å². The summed E-state index contributed by atoms with van der Waals surface area (Å²) in [5.74, 6) is 1.15. The Morgan fingerprint density at radius 3 is 2.47 bits per heavy atom. The van der Waals surface area contributed by atoms with Gasteiger partial charge < -0.3 is 14.8 Å². The highest BCUT2D eigenvalue weighted by atomic mass is 32.2. The number of hydrogen-bond donors (Lipinski definition) is 1. The van der Waals surface area contributed by atoms with E-state index >= 15 is 0 Å². The number of nitrogens with zero attached hydrogens (tertiary/aromatic N) is 1. The van der Waals surface area contributed by atoms with Gasteiger partial charge in [-0.25, -0.2) is 8.42 Å². The number of carbonyl (C=O) groups is 1. The van der Waals surface area contributed by atoms with Crippen LogP contribution in [0.2, 0.25) is 0 Å². The van der Waals surface area contributed by atoms with Crippen molar-refractivity contribution in [3.05, 3.63) is 65.1 Å². The summed E-state index contributed by atoms with van der Waals surface area (Å²) >= 11 is 0. The molecular formula is C24H28N2O5S. The zero-order valence-electron chi connectivity index (χ0n) is 18.1. The summed E-state index contributed by atoms with van der Waals surface area (Å²) in [7, 11) is -3.51. The number of piperidine rings is 1. The molecule has 2 aromatic rings. The molecule has 1 atom stereocenters. The number of ether oxygens (including phenoxy) is 2. The maximum atomic E-state index is 12.8. The van der Waals surface area contributed by atoms with E-state index in [1.807, 2.05) is 55.5 Å². The van der Waals surface area contributed by atoms with E-state index in [-0.39, 0.29) is 17.9 Å². The fourth-order valence-corrected chi connectivity index (χ4v) is 5.15. The van der Waals surface area contributed by atoms with Gasteiger partial charge in [-0.05, 0) is 49.1 Å². The second kappa shape index (κ2) is 9.75. The number of amides is 1. The fraction of sp³-hybridized carbons (Fsp3) is 0.375. The lowest BCUT2D eigenvalue weighted by Gasteiger charge is -2.30. The molecular weight excluding hydrogens is 428 g/mol. The van der Waals surface area contributed by atoms with Crippen LogP contribution < -0.4 is 14.8 Å². The molecule has 32 heavy (non-hydrogen) atoms. The lowest BCUT2D eigenvalue weighted by atomic mass is 9.96. The van der Waals surface area contributed by atoms with Gasteiger partial charge in [-0.2, -0.15) is 4.31 Å². The van der Waals surface area contributed by atoms with Gasteiger partial charge in [0.05, 0.1) is 6.04 Å². The predicted molar refractivity (Wildman–Crippen MR) is 123 cm³/mol. The van der Waals surface area contributed by atoms with Crippen molar-refractivity contribution in [2.24, 2.45) is 5.92 Å². The van der Waals surface area contributed by atoms with E-state index in [1.54, 1.807) is 6.08 Å². The number of hydrogen-bond acceptors (Lipinski definition) is 5. The lowest BCUT2D eigenvalue weighted by Crippen LogP contribution is -2.42. The third-order valence-electron chi connectivity index (χ3n) is 5.84. The molecule has 7 nitrogen and oxygen atoms in total. The zero-order chi connectivity index (χ0) is 22.6. The molecule has 1 amide bonds. The van der Waals surface area contributed by atoms with Crippen LogP contribution in [0.4, 0.5) is 0 Å². The molecule has 2 aliphatic heterocycles. The highest BCUT2D eigenvalue weighted by Crippen LogP contribution is 2.32. The predicted octanol–water partition coefficient (Wildman–Crippen LogP) is 3.35. The van der Waals surface area contributed by atoms with Crippen molar-refractivity contribution in [1.29, 1.82) is 0 Å². The molecule has 0 aromatic heterocycles. The van der Waals surface area contributed by atoms with E-state index < -0.39 is 10.0 Å². The zero-order valence-corrected chi connectivity index (χ0v) is 18.9. The average molecular weight is 457 g/mol. The summed E-state index contributed by atoms with van der Waals surface area (Å²) in [6, 6.07) is 14.8. The maximum absolute atomic E-state index is 12.8. The first-order chi connectivity index (χ1) is 15.4. The van der Waals surface area contributed by atoms with E-state index in [0.29, 0.717) is 50.6 Å². The van der Waals surface area contributed by atoms with E-state index in [1.165, 1.54) is 9.71 Å². The molecule has 170 valence electrons. The van der Waals surface area contributed by atoms with E-state index in [2.05, 4.69) is 5.32 Å². The SMILES string of the molecule is CC(NC(=O)C1CCN(S(=O)(=O)C=Cc2ccccc2)CC1)c1ccc2c(c1)OCCO2. The first-order valence-corrected chi connectivity index (χ1v) is 12.4. The first kappa shape index (κ1) is 22.4. The largest absolute Gasteiger partial charge is 0.486 e. The van der Waals surface area contributed by atoms with Crippen LogP contribution in [-0.4, -0.2) is 44.9 Å². The van der Waals surface area contributed by atoms with Crippen LogP contribution in [-0.2, 0) is 14.8 Å². The van der Waals surface area contributed by atoms with Gasteiger partial charge in [0, 0.05) is 24.4 Å². The minimum atomic E-state index is -3.51. The van der Waals surface area contributed by atoms with Crippen molar-refractivity contribution in [3.8, 4) is 11.5 Å². The van der Waals surface area contributed by atoms with Crippen LogP contribution in [0.25, 0.3) is 6.08 Å². The third kappa shape index (κ3) is 5.31. The molecule has 0 aliphatic carbocycles. The number of benzene rings is 2. The summed E-state index contributed by atoms with van der Waals surface area (Å²) < 4.78 is 37.9. The summed E-state index contributed by atoms with van der Waals surface area (Å²) in [5.41, 5.74) is 1.77. The van der Waals surface area contributed by atoms with Crippen molar-refractivity contribution < 1.29 is 22.7 Å². The van der Waals surface area contributed by atoms with Gasteiger partial charge in [0.15, 0.2) is 11.5 Å². The molecule has 0 bridgehead atoms. The maximum Gasteiger partial charge on any atom is 0.236 e. The summed E-state index contributed by atoms with van der Waals surface area (Å²) in [6.07, 6.45) is 2.60. The number of nitrogens with one attached hydrogen (secondary N) is 1. The molecule has 1 fully saturated rings. The van der Waals surface area contributed by atoms with Gasteiger partial charge in [0.2, 0.25) is 15.9 Å². The van der Waals surface area contributed by atoms with Gasteiger partial charge in [-0.1, -0.05) is 36.4 Å². The fourth-order valence-electron chi connectivity index (χ4n) is 3.93. The summed E-state index contributed by atoms with van der Waals surface area (Å²) in [5, 5.41) is 4.30. The molecule has 8 heteroatoms. The molecule has 1 N–H and O–H groups in total. The number of carbonyl (C=O) groups excluding carboxylic acids is 1. The van der Waals surface area contributed by atoms with Crippen LogP contribution in [0.5, 0.6) is 11.5 Å². The van der Waals surface area contributed by atoms with Crippen molar-refractivity contribution in [1.82, 2.24) is 9.62 Å². The van der Waals surface area contributed by atoms with Crippen LogP contribution in [0.1, 0.15) is 36.9 Å². The Bertz CT molecular complexity index is 1080. The highest BCUT2D eigenvalue weighted by Gasteiger charge is 2.30.